The first-order chi connectivity index (χ1) is 10.6. The molecular formula is C17H18FNO3. The molecule has 4 nitrogen and oxygen atoms in total. The zero-order valence-corrected chi connectivity index (χ0v) is 12.5. The van der Waals surface area contributed by atoms with Gasteiger partial charge in [-0.2, -0.15) is 0 Å². The molecule has 0 aliphatic rings. The van der Waals surface area contributed by atoms with Crippen LogP contribution in [0.2, 0.25) is 0 Å². The quantitative estimate of drug-likeness (QED) is 0.892. The molecule has 0 saturated heterocycles. The summed E-state index contributed by atoms with van der Waals surface area (Å²) in [7, 11) is 1.38. The summed E-state index contributed by atoms with van der Waals surface area (Å²) >= 11 is 0. The largest absolute Gasteiger partial charge is 0.494 e. The van der Waals surface area contributed by atoms with E-state index in [0.717, 1.165) is 11.8 Å². The minimum absolute atomic E-state index is 0.108. The van der Waals surface area contributed by atoms with Crippen LogP contribution < -0.4 is 14.8 Å². The summed E-state index contributed by atoms with van der Waals surface area (Å²) < 4.78 is 24.0. The molecule has 1 amide bonds. The predicted octanol–water partition coefficient (Wildman–Crippen LogP) is 3.03. The van der Waals surface area contributed by atoms with Gasteiger partial charge in [0.2, 0.25) is 0 Å². The molecule has 0 bridgehead atoms. The van der Waals surface area contributed by atoms with Crippen LogP contribution in [0.15, 0.2) is 48.5 Å². The molecule has 0 radical (unpaired) electrons. The first kappa shape index (κ1) is 15.8. The van der Waals surface area contributed by atoms with E-state index in [9.17, 15) is 9.18 Å². The second-order valence-electron chi connectivity index (χ2n) is 4.85. The number of methoxy groups -OCH3 is 1. The fraction of sp³-hybridized carbons (Fsp3) is 0.235. The summed E-state index contributed by atoms with van der Waals surface area (Å²) in [5.74, 6) is -0.0786. The third-order valence-corrected chi connectivity index (χ3v) is 3.03. The van der Waals surface area contributed by atoms with E-state index in [4.69, 9.17) is 9.47 Å². The van der Waals surface area contributed by atoms with Gasteiger partial charge in [0.1, 0.15) is 12.4 Å². The molecule has 0 heterocycles. The molecule has 2 aromatic rings. The molecule has 2 aromatic carbocycles. The van der Waals surface area contributed by atoms with Crippen molar-refractivity contribution >= 4 is 5.91 Å². The monoisotopic (exact) mass is 303 g/mol. The zero-order valence-electron chi connectivity index (χ0n) is 12.5. The van der Waals surface area contributed by atoms with Gasteiger partial charge in [-0.25, -0.2) is 4.39 Å². The summed E-state index contributed by atoms with van der Waals surface area (Å²) in [5, 5.41) is 2.76. The molecule has 1 N–H and O–H groups in total. The lowest BCUT2D eigenvalue weighted by molar-refractivity contribution is 0.0926. The fourth-order valence-corrected chi connectivity index (χ4v) is 1.89. The van der Waals surface area contributed by atoms with E-state index in [-0.39, 0.29) is 23.3 Å². The van der Waals surface area contributed by atoms with Crippen molar-refractivity contribution in [2.24, 2.45) is 0 Å². The van der Waals surface area contributed by atoms with E-state index in [1.165, 1.54) is 19.2 Å². The Morgan fingerprint density at radius 3 is 2.59 bits per heavy atom. The topological polar surface area (TPSA) is 47.6 Å². The van der Waals surface area contributed by atoms with Gasteiger partial charge in [0, 0.05) is 5.56 Å². The Morgan fingerprint density at radius 1 is 1.23 bits per heavy atom. The highest BCUT2D eigenvalue weighted by molar-refractivity contribution is 5.94. The van der Waals surface area contributed by atoms with E-state index in [1.54, 1.807) is 0 Å². The van der Waals surface area contributed by atoms with Gasteiger partial charge in [-0.3, -0.25) is 4.79 Å². The van der Waals surface area contributed by atoms with Crippen molar-refractivity contribution in [3.05, 3.63) is 59.9 Å². The number of rotatable bonds is 6. The minimum Gasteiger partial charge on any atom is -0.494 e. The standard InChI is InChI=1S/C17H18FNO3/c1-12(11-22-14-6-4-3-5-7-14)19-17(20)13-8-9-16(21-2)15(18)10-13/h3-10,12H,11H2,1-2H3,(H,19,20)/t12-/m0/s1. The lowest BCUT2D eigenvalue weighted by Crippen LogP contribution is -2.36. The fourth-order valence-electron chi connectivity index (χ4n) is 1.89. The number of carbonyl (C=O) groups excluding carboxylic acids is 1. The summed E-state index contributed by atoms with van der Waals surface area (Å²) in [6.07, 6.45) is 0. The van der Waals surface area contributed by atoms with E-state index in [0.29, 0.717) is 6.61 Å². The van der Waals surface area contributed by atoms with Gasteiger partial charge in [0.25, 0.3) is 5.91 Å². The molecule has 0 aliphatic carbocycles. The number of amides is 1. The number of benzene rings is 2. The number of hydrogen-bond donors (Lipinski definition) is 1. The predicted molar refractivity (Wildman–Crippen MR) is 81.8 cm³/mol. The van der Waals surface area contributed by atoms with Crippen molar-refractivity contribution in [2.75, 3.05) is 13.7 Å². The van der Waals surface area contributed by atoms with Crippen molar-refractivity contribution in [2.45, 2.75) is 13.0 Å². The number of carbonyl (C=O) groups is 1. The van der Waals surface area contributed by atoms with Crippen molar-refractivity contribution in [1.82, 2.24) is 5.32 Å². The SMILES string of the molecule is COc1ccc(C(=O)N[C@@H](C)COc2ccccc2)cc1F. The van der Waals surface area contributed by atoms with E-state index >= 15 is 0 Å². The third kappa shape index (κ3) is 4.22. The zero-order chi connectivity index (χ0) is 15.9. The van der Waals surface area contributed by atoms with Gasteiger partial charge in [-0.05, 0) is 37.3 Å². The molecule has 1 atom stereocenters. The Morgan fingerprint density at radius 2 is 1.95 bits per heavy atom. The highest BCUT2D eigenvalue weighted by Crippen LogP contribution is 2.17. The molecular weight excluding hydrogens is 285 g/mol. The Bertz CT molecular complexity index is 631. The Kier molecular flexibility index (Phi) is 5.36. The first-order valence-electron chi connectivity index (χ1n) is 6.92. The Hall–Kier alpha value is -2.56. The molecule has 0 aromatic heterocycles. The molecule has 0 saturated carbocycles. The summed E-state index contributed by atoms with van der Waals surface area (Å²) in [5.41, 5.74) is 0.241. The smallest absolute Gasteiger partial charge is 0.251 e. The van der Waals surface area contributed by atoms with Crippen LogP contribution in [0.1, 0.15) is 17.3 Å². The maximum Gasteiger partial charge on any atom is 0.251 e. The Balaban J connectivity index is 1.89. The molecule has 0 spiro atoms. The van der Waals surface area contributed by atoms with E-state index in [2.05, 4.69) is 5.32 Å². The van der Waals surface area contributed by atoms with Crippen LogP contribution in [0.25, 0.3) is 0 Å². The molecule has 116 valence electrons. The van der Waals surface area contributed by atoms with Crippen LogP contribution in [0.4, 0.5) is 4.39 Å². The number of nitrogens with one attached hydrogen (secondary N) is 1. The van der Waals surface area contributed by atoms with E-state index in [1.807, 2.05) is 37.3 Å². The van der Waals surface area contributed by atoms with Gasteiger partial charge in [0.05, 0.1) is 13.2 Å². The number of halogens is 1. The molecule has 22 heavy (non-hydrogen) atoms. The number of para-hydroxylation sites is 1. The van der Waals surface area contributed by atoms with Crippen LogP contribution in [-0.2, 0) is 0 Å². The van der Waals surface area contributed by atoms with Gasteiger partial charge >= 0.3 is 0 Å². The lowest BCUT2D eigenvalue weighted by atomic mass is 10.2. The van der Waals surface area contributed by atoms with Gasteiger partial charge in [0.15, 0.2) is 11.6 Å². The summed E-state index contributed by atoms with van der Waals surface area (Å²) in [6.45, 7) is 2.15. The maximum atomic E-state index is 13.6. The summed E-state index contributed by atoms with van der Waals surface area (Å²) in [4.78, 5) is 12.0. The minimum atomic E-state index is -0.566. The van der Waals surface area contributed by atoms with Crippen molar-refractivity contribution in [3.8, 4) is 11.5 Å². The highest BCUT2D eigenvalue weighted by atomic mass is 19.1. The number of ether oxygens (including phenoxy) is 2. The number of hydrogen-bond acceptors (Lipinski definition) is 3. The normalized spacial score (nSPS) is 11.6. The molecule has 0 unspecified atom stereocenters. The van der Waals surface area contributed by atoms with Crippen LogP contribution in [0.3, 0.4) is 0 Å². The Labute approximate surface area is 128 Å². The molecule has 2 rings (SSSR count). The van der Waals surface area contributed by atoms with Crippen LogP contribution in [0, 0.1) is 5.82 Å². The van der Waals surface area contributed by atoms with Crippen molar-refractivity contribution < 1.29 is 18.7 Å². The first-order valence-corrected chi connectivity index (χ1v) is 6.92. The molecule has 0 fully saturated rings. The summed E-state index contributed by atoms with van der Waals surface area (Å²) in [6, 6.07) is 13.2. The average Bonchev–Trinajstić information content (AvgIpc) is 2.53. The van der Waals surface area contributed by atoms with Gasteiger partial charge < -0.3 is 14.8 Å². The molecule has 0 aliphatic heterocycles. The van der Waals surface area contributed by atoms with Gasteiger partial charge in [-0.15, -0.1) is 0 Å². The van der Waals surface area contributed by atoms with Crippen LogP contribution in [0.5, 0.6) is 11.5 Å². The molecule has 5 heteroatoms. The second kappa shape index (κ2) is 7.45. The van der Waals surface area contributed by atoms with E-state index < -0.39 is 5.82 Å². The van der Waals surface area contributed by atoms with Crippen molar-refractivity contribution in [1.29, 1.82) is 0 Å². The average molecular weight is 303 g/mol. The lowest BCUT2D eigenvalue weighted by Gasteiger charge is -2.15. The third-order valence-electron chi connectivity index (χ3n) is 3.03. The second-order valence-corrected chi connectivity index (χ2v) is 4.85. The maximum absolute atomic E-state index is 13.6. The van der Waals surface area contributed by atoms with Crippen molar-refractivity contribution in [3.63, 3.8) is 0 Å². The van der Waals surface area contributed by atoms with Crippen LogP contribution in [-0.4, -0.2) is 25.7 Å². The van der Waals surface area contributed by atoms with Crippen LogP contribution >= 0.6 is 0 Å². The van der Waals surface area contributed by atoms with Gasteiger partial charge in [-0.1, -0.05) is 18.2 Å². The highest BCUT2D eigenvalue weighted by Gasteiger charge is 2.13.